The van der Waals surface area contributed by atoms with Crippen LogP contribution < -0.4 is 5.32 Å². The van der Waals surface area contributed by atoms with Crippen LogP contribution in [0.4, 0.5) is 0 Å². The van der Waals surface area contributed by atoms with Crippen LogP contribution in [-0.2, 0) is 14.3 Å². The van der Waals surface area contributed by atoms with Crippen molar-refractivity contribution < 1.29 is 19.4 Å². The summed E-state index contributed by atoms with van der Waals surface area (Å²) in [6, 6.07) is 0.252. The van der Waals surface area contributed by atoms with Gasteiger partial charge in [0.2, 0.25) is 5.91 Å². The fourth-order valence-electron chi connectivity index (χ4n) is 2.07. The van der Waals surface area contributed by atoms with Crippen molar-refractivity contribution in [2.24, 2.45) is 0 Å². The van der Waals surface area contributed by atoms with Crippen molar-refractivity contribution in [3.05, 3.63) is 0 Å². The van der Waals surface area contributed by atoms with Gasteiger partial charge < -0.3 is 20.1 Å². The molecule has 0 bridgehead atoms. The molecule has 1 rings (SSSR count). The number of rotatable bonds is 6. The van der Waals surface area contributed by atoms with Gasteiger partial charge in [-0.15, -0.1) is 0 Å². The first-order chi connectivity index (χ1) is 8.15. The van der Waals surface area contributed by atoms with Crippen LogP contribution in [0.5, 0.6) is 0 Å². The zero-order valence-corrected chi connectivity index (χ0v) is 10.1. The number of carboxylic acids is 1. The third-order valence-electron chi connectivity index (χ3n) is 2.86. The number of piperidine rings is 1. The van der Waals surface area contributed by atoms with Gasteiger partial charge in [0.15, 0.2) is 0 Å². The van der Waals surface area contributed by atoms with Gasteiger partial charge in [0.05, 0.1) is 0 Å². The Balaban J connectivity index is 2.37. The van der Waals surface area contributed by atoms with Crippen molar-refractivity contribution in [3.63, 3.8) is 0 Å². The summed E-state index contributed by atoms with van der Waals surface area (Å²) < 4.78 is 4.82. The summed E-state index contributed by atoms with van der Waals surface area (Å²) in [4.78, 5) is 23.9. The fraction of sp³-hybridized carbons (Fsp3) is 0.818. The molecule has 6 heteroatoms. The molecule has 0 atom stereocenters. The highest BCUT2D eigenvalue weighted by Gasteiger charge is 2.23. The molecule has 1 amide bonds. The van der Waals surface area contributed by atoms with E-state index in [1.807, 2.05) is 6.92 Å². The van der Waals surface area contributed by atoms with E-state index in [1.54, 1.807) is 4.90 Å². The van der Waals surface area contributed by atoms with Crippen molar-refractivity contribution in [2.75, 3.05) is 32.8 Å². The molecule has 6 nitrogen and oxygen atoms in total. The molecule has 0 spiro atoms. The lowest BCUT2D eigenvalue weighted by atomic mass is 10.0. The minimum Gasteiger partial charge on any atom is -0.480 e. The molecule has 98 valence electrons. The number of carbonyl (C=O) groups excluding carboxylic acids is 1. The Morgan fingerprint density at radius 3 is 2.53 bits per heavy atom. The Morgan fingerprint density at radius 2 is 2.00 bits per heavy atom. The van der Waals surface area contributed by atoms with E-state index in [1.165, 1.54) is 0 Å². The first-order valence-electron chi connectivity index (χ1n) is 5.95. The molecule has 1 aliphatic heterocycles. The Labute approximate surface area is 101 Å². The number of amides is 1. The first kappa shape index (κ1) is 13.9. The van der Waals surface area contributed by atoms with Gasteiger partial charge in [-0.25, -0.2) is 4.79 Å². The van der Waals surface area contributed by atoms with Crippen molar-refractivity contribution in [1.82, 2.24) is 10.2 Å². The third kappa shape index (κ3) is 4.70. The van der Waals surface area contributed by atoms with Gasteiger partial charge in [-0.2, -0.15) is 0 Å². The lowest BCUT2D eigenvalue weighted by Crippen LogP contribution is -2.47. The number of aliphatic carboxylic acids is 1. The van der Waals surface area contributed by atoms with Gasteiger partial charge >= 0.3 is 5.97 Å². The lowest BCUT2D eigenvalue weighted by Gasteiger charge is -2.33. The Morgan fingerprint density at radius 1 is 1.35 bits per heavy atom. The number of carbonyl (C=O) groups is 2. The molecule has 0 aromatic heterocycles. The smallest absolute Gasteiger partial charge is 0.329 e. The predicted octanol–water partition coefficient (Wildman–Crippen LogP) is -0.312. The highest BCUT2D eigenvalue weighted by atomic mass is 16.5. The minimum atomic E-state index is -1.05. The second-order valence-electron chi connectivity index (χ2n) is 4.05. The second-order valence-corrected chi connectivity index (χ2v) is 4.05. The standard InChI is InChI=1S/C11H20N2O4/c1-2-13(9-3-5-12-6-4-9)10(14)7-17-8-11(15)16/h9,12H,2-8H2,1H3,(H,15,16). The van der Waals surface area contributed by atoms with Gasteiger partial charge in [0.1, 0.15) is 13.2 Å². The Kier molecular flexibility index (Phi) is 5.93. The number of hydrogen-bond acceptors (Lipinski definition) is 4. The Bertz CT molecular complexity index is 264. The van der Waals surface area contributed by atoms with Crippen LogP contribution >= 0.6 is 0 Å². The first-order valence-corrected chi connectivity index (χ1v) is 5.95. The van der Waals surface area contributed by atoms with Crippen LogP contribution in [-0.4, -0.2) is 60.8 Å². The maximum atomic E-state index is 11.8. The molecule has 0 saturated carbocycles. The highest BCUT2D eigenvalue weighted by molar-refractivity contribution is 5.78. The molecule has 17 heavy (non-hydrogen) atoms. The number of nitrogens with zero attached hydrogens (tertiary/aromatic N) is 1. The number of hydrogen-bond donors (Lipinski definition) is 2. The molecule has 0 aromatic carbocycles. The van der Waals surface area contributed by atoms with Gasteiger partial charge in [-0.1, -0.05) is 0 Å². The van der Waals surface area contributed by atoms with Crippen LogP contribution in [0, 0.1) is 0 Å². The molecule has 0 aliphatic carbocycles. The van der Waals surface area contributed by atoms with E-state index in [-0.39, 0.29) is 18.6 Å². The summed E-state index contributed by atoms with van der Waals surface area (Å²) in [7, 11) is 0. The van der Waals surface area contributed by atoms with E-state index >= 15 is 0 Å². The highest BCUT2D eigenvalue weighted by Crippen LogP contribution is 2.11. The predicted molar refractivity (Wildman–Crippen MR) is 61.7 cm³/mol. The molecular weight excluding hydrogens is 224 g/mol. The third-order valence-corrected chi connectivity index (χ3v) is 2.86. The average molecular weight is 244 g/mol. The van der Waals surface area contributed by atoms with Crippen molar-refractivity contribution in [1.29, 1.82) is 0 Å². The van der Waals surface area contributed by atoms with E-state index in [0.29, 0.717) is 6.54 Å². The molecule has 1 saturated heterocycles. The van der Waals surface area contributed by atoms with Crippen LogP contribution in [0.15, 0.2) is 0 Å². The molecular formula is C11H20N2O4. The zero-order valence-electron chi connectivity index (χ0n) is 10.1. The number of likely N-dealkylation sites (N-methyl/N-ethyl adjacent to an activating group) is 1. The van der Waals surface area contributed by atoms with E-state index in [2.05, 4.69) is 5.32 Å². The van der Waals surface area contributed by atoms with E-state index in [0.717, 1.165) is 25.9 Å². The largest absolute Gasteiger partial charge is 0.480 e. The summed E-state index contributed by atoms with van der Waals surface area (Å²) in [6.07, 6.45) is 1.89. The maximum Gasteiger partial charge on any atom is 0.329 e. The molecule has 1 aliphatic rings. The summed E-state index contributed by atoms with van der Waals surface area (Å²) in [5.74, 6) is -1.18. The topological polar surface area (TPSA) is 78.9 Å². The van der Waals surface area contributed by atoms with E-state index in [9.17, 15) is 9.59 Å². The summed E-state index contributed by atoms with van der Waals surface area (Å²) in [6.45, 7) is 3.84. The van der Waals surface area contributed by atoms with Crippen LogP contribution in [0.25, 0.3) is 0 Å². The Hall–Kier alpha value is -1.14. The summed E-state index contributed by atoms with van der Waals surface area (Å²) >= 11 is 0. The monoisotopic (exact) mass is 244 g/mol. The molecule has 0 aromatic rings. The zero-order chi connectivity index (χ0) is 12.7. The summed E-state index contributed by atoms with van der Waals surface area (Å²) in [5.41, 5.74) is 0. The average Bonchev–Trinajstić information content (AvgIpc) is 2.31. The molecule has 1 heterocycles. The van der Waals surface area contributed by atoms with E-state index < -0.39 is 12.6 Å². The SMILES string of the molecule is CCN(C(=O)COCC(=O)O)C1CCNCC1. The van der Waals surface area contributed by atoms with Crippen molar-refractivity contribution in [3.8, 4) is 0 Å². The number of carboxylic acid groups (broad SMARTS) is 1. The van der Waals surface area contributed by atoms with Gasteiger partial charge in [-0.05, 0) is 32.9 Å². The van der Waals surface area contributed by atoms with E-state index in [4.69, 9.17) is 9.84 Å². The second kappa shape index (κ2) is 7.24. The normalized spacial score (nSPS) is 16.8. The quantitative estimate of drug-likeness (QED) is 0.670. The van der Waals surface area contributed by atoms with Gasteiger partial charge in [0.25, 0.3) is 0 Å². The molecule has 2 N–H and O–H groups in total. The van der Waals surface area contributed by atoms with Crippen LogP contribution in [0.2, 0.25) is 0 Å². The number of ether oxygens (including phenoxy) is 1. The van der Waals surface area contributed by atoms with Crippen LogP contribution in [0.3, 0.4) is 0 Å². The van der Waals surface area contributed by atoms with Gasteiger partial charge in [0, 0.05) is 12.6 Å². The molecule has 0 unspecified atom stereocenters. The molecule has 1 fully saturated rings. The van der Waals surface area contributed by atoms with Crippen LogP contribution in [0.1, 0.15) is 19.8 Å². The minimum absolute atomic E-state index is 0.124. The van der Waals surface area contributed by atoms with Crippen molar-refractivity contribution in [2.45, 2.75) is 25.8 Å². The number of nitrogens with one attached hydrogen (secondary N) is 1. The molecule has 0 radical (unpaired) electrons. The lowest BCUT2D eigenvalue weighted by molar-refractivity contribution is -0.146. The fourth-order valence-corrected chi connectivity index (χ4v) is 2.07. The van der Waals surface area contributed by atoms with Gasteiger partial charge in [-0.3, -0.25) is 4.79 Å². The maximum absolute atomic E-state index is 11.8. The van der Waals surface area contributed by atoms with Crippen molar-refractivity contribution >= 4 is 11.9 Å². The summed E-state index contributed by atoms with van der Waals surface area (Å²) in [5, 5.41) is 11.7.